The lowest BCUT2D eigenvalue weighted by molar-refractivity contribution is -0.141. The topological polar surface area (TPSA) is 66.8 Å². The lowest BCUT2D eigenvalue weighted by atomic mass is 9.95. The first kappa shape index (κ1) is 12.0. The number of carboxylic acid groups (broad SMARTS) is 1. The van der Waals surface area contributed by atoms with E-state index in [1.54, 1.807) is 12.0 Å². The highest BCUT2D eigenvalue weighted by molar-refractivity contribution is 5.78. The molecule has 1 saturated heterocycles. The monoisotopic (exact) mass is 215 g/mol. The van der Waals surface area contributed by atoms with E-state index in [1.807, 2.05) is 6.92 Å². The van der Waals surface area contributed by atoms with E-state index >= 15 is 0 Å². The fourth-order valence-corrected chi connectivity index (χ4v) is 2.27. The van der Waals surface area contributed by atoms with Gasteiger partial charge in [0.15, 0.2) is 0 Å². The van der Waals surface area contributed by atoms with Crippen LogP contribution >= 0.6 is 0 Å². The van der Waals surface area contributed by atoms with Crippen molar-refractivity contribution in [3.8, 4) is 0 Å². The van der Waals surface area contributed by atoms with Gasteiger partial charge in [0.1, 0.15) is 0 Å². The molecule has 0 aromatic carbocycles. The Balaban J connectivity index is 2.85. The van der Waals surface area contributed by atoms with Crippen molar-refractivity contribution in [2.75, 3.05) is 20.3 Å². The van der Waals surface area contributed by atoms with Crippen LogP contribution in [0.3, 0.4) is 0 Å². The van der Waals surface area contributed by atoms with Gasteiger partial charge in [-0.1, -0.05) is 0 Å². The molecule has 1 N–H and O–H groups in total. The Hall–Kier alpha value is -1.10. The van der Waals surface area contributed by atoms with Crippen molar-refractivity contribution in [1.29, 1.82) is 0 Å². The number of hydrogen-bond acceptors (Lipinski definition) is 3. The zero-order chi connectivity index (χ0) is 11.6. The van der Waals surface area contributed by atoms with Gasteiger partial charge in [-0.25, -0.2) is 0 Å². The fourth-order valence-electron chi connectivity index (χ4n) is 2.27. The molecule has 1 rings (SSSR count). The first-order valence-electron chi connectivity index (χ1n) is 4.90. The summed E-state index contributed by atoms with van der Waals surface area (Å²) in [4.78, 5) is 23.9. The Bertz CT molecular complexity index is 279. The maximum absolute atomic E-state index is 11.4. The Morgan fingerprint density at radius 1 is 1.60 bits per heavy atom. The minimum Gasteiger partial charge on any atom is -0.481 e. The first-order chi connectivity index (χ1) is 6.90. The van der Waals surface area contributed by atoms with E-state index in [0.717, 1.165) is 0 Å². The van der Waals surface area contributed by atoms with Crippen LogP contribution in [0.4, 0.5) is 0 Å². The van der Waals surface area contributed by atoms with Gasteiger partial charge in [-0.15, -0.1) is 0 Å². The van der Waals surface area contributed by atoms with Gasteiger partial charge in [0.2, 0.25) is 5.91 Å². The average Bonchev–Trinajstić information content (AvgIpc) is 2.44. The minimum absolute atomic E-state index is 0.0988. The van der Waals surface area contributed by atoms with Crippen LogP contribution in [-0.4, -0.2) is 47.7 Å². The SMILES string of the molecule is COCC1(C)CC(C(=O)O)CN1C(C)=O. The molecule has 0 aromatic rings. The summed E-state index contributed by atoms with van der Waals surface area (Å²) in [6.45, 7) is 3.97. The summed E-state index contributed by atoms with van der Waals surface area (Å²) in [5.74, 6) is -1.42. The van der Waals surface area contributed by atoms with E-state index in [2.05, 4.69) is 0 Å². The largest absolute Gasteiger partial charge is 0.481 e. The molecule has 1 fully saturated rings. The molecule has 0 bridgehead atoms. The fraction of sp³-hybridized carbons (Fsp3) is 0.800. The molecule has 1 amide bonds. The van der Waals surface area contributed by atoms with Gasteiger partial charge in [0, 0.05) is 20.6 Å². The number of carbonyl (C=O) groups excluding carboxylic acids is 1. The number of likely N-dealkylation sites (tertiary alicyclic amines) is 1. The number of methoxy groups -OCH3 is 1. The standard InChI is InChI=1S/C10H17NO4/c1-7(12)11-5-8(9(13)14)4-10(11,2)6-15-3/h8H,4-6H2,1-3H3,(H,13,14). The maximum atomic E-state index is 11.4. The molecule has 0 spiro atoms. The molecule has 0 saturated carbocycles. The van der Waals surface area contributed by atoms with Gasteiger partial charge in [-0.3, -0.25) is 9.59 Å². The molecule has 15 heavy (non-hydrogen) atoms. The smallest absolute Gasteiger partial charge is 0.308 e. The molecule has 5 heteroatoms. The van der Waals surface area contributed by atoms with E-state index < -0.39 is 17.4 Å². The number of carbonyl (C=O) groups is 2. The van der Waals surface area contributed by atoms with Gasteiger partial charge in [0.25, 0.3) is 0 Å². The Labute approximate surface area is 89.0 Å². The number of hydrogen-bond donors (Lipinski definition) is 1. The second kappa shape index (κ2) is 4.18. The summed E-state index contributed by atoms with van der Waals surface area (Å²) < 4.78 is 5.05. The molecule has 1 aliphatic heterocycles. The van der Waals surface area contributed by atoms with Crippen LogP contribution in [-0.2, 0) is 14.3 Å². The predicted molar refractivity (Wildman–Crippen MR) is 53.4 cm³/mol. The third-order valence-electron chi connectivity index (χ3n) is 2.93. The van der Waals surface area contributed by atoms with Crippen molar-refractivity contribution in [3.05, 3.63) is 0 Å². The molecule has 2 unspecified atom stereocenters. The number of carboxylic acids is 1. The average molecular weight is 215 g/mol. The molecular formula is C10H17NO4. The molecule has 0 aliphatic carbocycles. The van der Waals surface area contributed by atoms with E-state index in [1.165, 1.54) is 6.92 Å². The van der Waals surface area contributed by atoms with Crippen molar-refractivity contribution in [1.82, 2.24) is 4.90 Å². The van der Waals surface area contributed by atoms with Gasteiger partial charge in [0.05, 0.1) is 18.1 Å². The van der Waals surface area contributed by atoms with Crippen molar-refractivity contribution >= 4 is 11.9 Å². The number of amides is 1. The van der Waals surface area contributed by atoms with Gasteiger partial charge >= 0.3 is 5.97 Å². The summed E-state index contributed by atoms with van der Waals surface area (Å²) in [6, 6.07) is 0. The molecule has 86 valence electrons. The molecule has 0 radical (unpaired) electrons. The normalized spacial score (nSPS) is 30.6. The summed E-state index contributed by atoms with van der Waals surface area (Å²) in [5, 5.41) is 8.93. The van der Waals surface area contributed by atoms with Crippen LogP contribution in [0.2, 0.25) is 0 Å². The van der Waals surface area contributed by atoms with Gasteiger partial charge in [-0.2, -0.15) is 0 Å². The summed E-state index contributed by atoms with van der Waals surface area (Å²) in [7, 11) is 1.55. The highest BCUT2D eigenvalue weighted by atomic mass is 16.5. The molecule has 0 aromatic heterocycles. The summed E-state index contributed by atoms with van der Waals surface area (Å²) in [5.41, 5.74) is -0.482. The quantitative estimate of drug-likeness (QED) is 0.737. The number of rotatable bonds is 3. The molecular weight excluding hydrogens is 198 g/mol. The van der Waals surface area contributed by atoms with Crippen LogP contribution in [0.15, 0.2) is 0 Å². The van der Waals surface area contributed by atoms with Crippen LogP contribution in [0.1, 0.15) is 20.3 Å². The molecule has 1 heterocycles. The minimum atomic E-state index is -0.846. The summed E-state index contributed by atoms with van der Waals surface area (Å²) >= 11 is 0. The highest BCUT2D eigenvalue weighted by Gasteiger charge is 2.45. The molecule has 1 aliphatic rings. The lowest BCUT2D eigenvalue weighted by Crippen LogP contribution is -2.47. The Morgan fingerprint density at radius 3 is 2.60 bits per heavy atom. The van der Waals surface area contributed by atoms with Crippen molar-refractivity contribution < 1.29 is 19.4 Å². The number of aliphatic carboxylic acids is 1. The van der Waals surface area contributed by atoms with E-state index in [4.69, 9.17) is 9.84 Å². The van der Waals surface area contributed by atoms with E-state index in [9.17, 15) is 9.59 Å². The highest BCUT2D eigenvalue weighted by Crippen LogP contribution is 2.33. The first-order valence-corrected chi connectivity index (χ1v) is 4.90. The van der Waals surface area contributed by atoms with E-state index in [0.29, 0.717) is 13.0 Å². The third kappa shape index (κ3) is 2.28. The molecule has 2 atom stereocenters. The number of ether oxygens (including phenoxy) is 1. The summed E-state index contributed by atoms with van der Waals surface area (Å²) in [6.07, 6.45) is 0.454. The van der Waals surface area contributed by atoms with Crippen molar-refractivity contribution in [3.63, 3.8) is 0 Å². The maximum Gasteiger partial charge on any atom is 0.308 e. The van der Waals surface area contributed by atoms with Crippen LogP contribution in [0.25, 0.3) is 0 Å². The second-order valence-corrected chi connectivity index (χ2v) is 4.30. The zero-order valence-electron chi connectivity index (χ0n) is 9.32. The van der Waals surface area contributed by atoms with Crippen molar-refractivity contribution in [2.45, 2.75) is 25.8 Å². The van der Waals surface area contributed by atoms with Gasteiger partial charge < -0.3 is 14.7 Å². The van der Waals surface area contributed by atoms with Crippen LogP contribution in [0, 0.1) is 5.92 Å². The second-order valence-electron chi connectivity index (χ2n) is 4.30. The van der Waals surface area contributed by atoms with Crippen LogP contribution < -0.4 is 0 Å². The van der Waals surface area contributed by atoms with Gasteiger partial charge in [-0.05, 0) is 13.3 Å². The van der Waals surface area contributed by atoms with E-state index in [-0.39, 0.29) is 12.5 Å². The third-order valence-corrected chi connectivity index (χ3v) is 2.93. The Morgan fingerprint density at radius 2 is 2.20 bits per heavy atom. The predicted octanol–water partition coefficient (Wildman–Crippen LogP) is 0.344. The zero-order valence-corrected chi connectivity index (χ0v) is 9.32. The van der Waals surface area contributed by atoms with Crippen LogP contribution in [0.5, 0.6) is 0 Å². The lowest BCUT2D eigenvalue weighted by Gasteiger charge is -2.33. The van der Waals surface area contributed by atoms with Crippen molar-refractivity contribution in [2.24, 2.45) is 5.92 Å². The molecule has 5 nitrogen and oxygen atoms in total. The number of nitrogens with zero attached hydrogens (tertiary/aromatic N) is 1. The Kier molecular flexibility index (Phi) is 3.34.